The fourth-order valence-corrected chi connectivity index (χ4v) is 2.44. The number of benzene rings is 2. The Morgan fingerprint density at radius 3 is 2.33 bits per heavy atom. The lowest BCUT2D eigenvalue weighted by atomic mass is 10.2. The number of ether oxygens (including phenoxy) is 1. The number of amides is 1. The first kappa shape index (κ1) is 17.7. The van der Waals surface area contributed by atoms with Crippen LogP contribution in [-0.2, 0) is 14.8 Å². The topological polar surface area (TPSA) is 84.5 Å². The molecule has 2 N–H and O–H groups in total. The van der Waals surface area contributed by atoms with Gasteiger partial charge in [-0.2, -0.15) is 0 Å². The maximum Gasteiger partial charge on any atom is 0.265 e. The van der Waals surface area contributed by atoms with Gasteiger partial charge >= 0.3 is 0 Å². The number of hydrogen-bond donors (Lipinski definition) is 2. The van der Waals surface area contributed by atoms with Crippen molar-refractivity contribution in [2.24, 2.45) is 0 Å². The van der Waals surface area contributed by atoms with Crippen molar-refractivity contribution in [2.75, 3.05) is 16.3 Å². The standard InChI is InChI=1S/C16H17FN2O4S/c1-11(23-15-5-3-4-12(17)10-15)16(20)18-13-6-8-14(9-7-13)19-24(2,21)22/h3-11,19H,1-2H3,(H,18,20)/t11-/m1/s1. The van der Waals surface area contributed by atoms with Gasteiger partial charge in [0.25, 0.3) is 5.91 Å². The van der Waals surface area contributed by atoms with Gasteiger partial charge in [0.2, 0.25) is 10.0 Å². The van der Waals surface area contributed by atoms with E-state index < -0.39 is 27.9 Å². The molecule has 0 saturated carbocycles. The molecule has 0 heterocycles. The van der Waals surface area contributed by atoms with Gasteiger partial charge in [-0.05, 0) is 43.3 Å². The smallest absolute Gasteiger partial charge is 0.265 e. The van der Waals surface area contributed by atoms with E-state index in [0.717, 1.165) is 6.26 Å². The van der Waals surface area contributed by atoms with Crippen molar-refractivity contribution < 1.29 is 22.3 Å². The monoisotopic (exact) mass is 352 g/mol. The van der Waals surface area contributed by atoms with E-state index in [4.69, 9.17) is 4.74 Å². The zero-order valence-corrected chi connectivity index (χ0v) is 13.9. The van der Waals surface area contributed by atoms with Crippen LogP contribution in [0.15, 0.2) is 48.5 Å². The van der Waals surface area contributed by atoms with Gasteiger partial charge in [-0.1, -0.05) is 6.07 Å². The van der Waals surface area contributed by atoms with E-state index in [0.29, 0.717) is 11.4 Å². The highest BCUT2D eigenvalue weighted by molar-refractivity contribution is 7.92. The van der Waals surface area contributed by atoms with E-state index in [2.05, 4.69) is 10.0 Å². The summed E-state index contributed by atoms with van der Waals surface area (Å²) >= 11 is 0. The van der Waals surface area contributed by atoms with Crippen LogP contribution >= 0.6 is 0 Å². The summed E-state index contributed by atoms with van der Waals surface area (Å²) in [6.45, 7) is 1.54. The lowest BCUT2D eigenvalue weighted by Crippen LogP contribution is -2.30. The molecule has 0 aliphatic rings. The van der Waals surface area contributed by atoms with E-state index in [-0.39, 0.29) is 5.75 Å². The Morgan fingerprint density at radius 1 is 1.12 bits per heavy atom. The Morgan fingerprint density at radius 2 is 1.75 bits per heavy atom. The summed E-state index contributed by atoms with van der Waals surface area (Å²) in [7, 11) is -3.35. The maximum atomic E-state index is 13.1. The first-order valence-corrected chi connectivity index (χ1v) is 8.93. The molecule has 0 radical (unpaired) electrons. The minimum absolute atomic E-state index is 0.255. The highest BCUT2D eigenvalue weighted by atomic mass is 32.2. The minimum Gasteiger partial charge on any atom is -0.481 e. The Bertz CT molecular complexity index is 822. The lowest BCUT2D eigenvalue weighted by Gasteiger charge is -2.15. The van der Waals surface area contributed by atoms with Crippen LogP contribution in [0.4, 0.5) is 15.8 Å². The lowest BCUT2D eigenvalue weighted by molar-refractivity contribution is -0.122. The van der Waals surface area contributed by atoms with Crippen LogP contribution < -0.4 is 14.8 Å². The molecule has 0 bridgehead atoms. The average Bonchev–Trinajstić information content (AvgIpc) is 2.47. The second-order valence-electron chi connectivity index (χ2n) is 5.16. The van der Waals surface area contributed by atoms with Crippen LogP contribution in [0, 0.1) is 5.82 Å². The molecule has 0 aliphatic carbocycles. The predicted octanol–water partition coefficient (Wildman–Crippen LogP) is 2.60. The van der Waals surface area contributed by atoms with Gasteiger partial charge in [-0.25, -0.2) is 12.8 Å². The van der Waals surface area contributed by atoms with Crippen molar-refractivity contribution in [3.05, 3.63) is 54.3 Å². The van der Waals surface area contributed by atoms with E-state index in [1.165, 1.54) is 30.3 Å². The van der Waals surface area contributed by atoms with Crippen LogP contribution in [0.2, 0.25) is 0 Å². The second kappa shape index (κ2) is 7.31. The molecule has 128 valence electrons. The van der Waals surface area contributed by atoms with Crippen molar-refractivity contribution in [1.29, 1.82) is 0 Å². The van der Waals surface area contributed by atoms with Gasteiger partial charge in [0.05, 0.1) is 6.26 Å². The molecule has 1 amide bonds. The summed E-state index contributed by atoms with van der Waals surface area (Å²) < 4.78 is 43.0. The number of nitrogens with one attached hydrogen (secondary N) is 2. The molecule has 0 saturated heterocycles. The molecule has 24 heavy (non-hydrogen) atoms. The molecule has 1 atom stereocenters. The maximum absolute atomic E-state index is 13.1. The van der Waals surface area contributed by atoms with Crippen LogP contribution in [-0.4, -0.2) is 26.7 Å². The first-order chi connectivity index (χ1) is 11.2. The number of sulfonamides is 1. The number of anilines is 2. The molecule has 0 aliphatic heterocycles. The van der Waals surface area contributed by atoms with Crippen LogP contribution in [0.3, 0.4) is 0 Å². The second-order valence-corrected chi connectivity index (χ2v) is 6.91. The zero-order chi connectivity index (χ0) is 17.7. The van der Waals surface area contributed by atoms with Gasteiger partial charge in [0.15, 0.2) is 6.10 Å². The van der Waals surface area contributed by atoms with Crippen LogP contribution in [0.5, 0.6) is 5.75 Å². The normalized spacial score (nSPS) is 12.3. The fraction of sp³-hybridized carbons (Fsp3) is 0.188. The van der Waals surface area contributed by atoms with Gasteiger partial charge in [-0.15, -0.1) is 0 Å². The molecule has 2 aromatic carbocycles. The van der Waals surface area contributed by atoms with Crippen LogP contribution in [0.1, 0.15) is 6.92 Å². The van der Waals surface area contributed by atoms with Crippen molar-refractivity contribution in [2.45, 2.75) is 13.0 Å². The number of carbonyl (C=O) groups is 1. The quantitative estimate of drug-likeness (QED) is 0.837. The van der Waals surface area contributed by atoms with Crippen LogP contribution in [0.25, 0.3) is 0 Å². The summed E-state index contributed by atoms with van der Waals surface area (Å²) in [6.07, 6.45) is 0.217. The van der Waals surface area contributed by atoms with Gasteiger partial charge in [-0.3, -0.25) is 9.52 Å². The summed E-state index contributed by atoms with van der Waals surface area (Å²) in [5.41, 5.74) is 0.869. The number of carbonyl (C=O) groups excluding carboxylic acids is 1. The zero-order valence-electron chi connectivity index (χ0n) is 13.1. The van der Waals surface area contributed by atoms with Crippen molar-refractivity contribution in [3.63, 3.8) is 0 Å². The molecule has 0 fully saturated rings. The fourth-order valence-electron chi connectivity index (χ4n) is 1.88. The Kier molecular flexibility index (Phi) is 5.40. The minimum atomic E-state index is -3.35. The first-order valence-electron chi connectivity index (χ1n) is 7.04. The molecule has 0 unspecified atom stereocenters. The Hall–Kier alpha value is -2.61. The SMILES string of the molecule is C[C@@H](Oc1cccc(F)c1)C(=O)Nc1ccc(NS(C)(=O)=O)cc1. The van der Waals surface area contributed by atoms with E-state index in [1.54, 1.807) is 25.1 Å². The predicted molar refractivity (Wildman–Crippen MR) is 90.0 cm³/mol. The van der Waals surface area contributed by atoms with Crippen molar-refractivity contribution >= 4 is 27.3 Å². The molecule has 6 nitrogen and oxygen atoms in total. The molecule has 8 heteroatoms. The van der Waals surface area contributed by atoms with E-state index in [9.17, 15) is 17.6 Å². The van der Waals surface area contributed by atoms with Gasteiger partial charge < -0.3 is 10.1 Å². The summed E-state index contributed by atoms with van der Waals surface area (Å²) in [5, 5.41) is 2.63. The Balaban J connectivity index is 1.96. The molecular formula is C16H17FN2O4S. The molecule has 2 rings (SSSR count). The average molecular weight is 352 g/mol. The summed E-state index contributed by atoms with van der Waals surface area (Å²) in [4.78, 5) is 12.1. The third-order valence-corrected chi connectivity index (χ3v) is 3.54. The Labute approximate surface area is 139 Å². The van der Waals surface area contributed by atoms with Crippen molar-refractivity contribution in [3.8, 4) is 5.75 Å². The highest BCUT2D eigenvalue weighted by Gasteiger charge is 2.15. The number of rotatable bonds is 6. The summed E-state index contributed by atoms with van der Waals surface area (Å²) in [5.74, 6) is -0.609. The van der Waals surface area contributed by atoms with Crippen molar-refractivity contribution in [1.82, 2.24) is 0 Å². The molecule has 0 aromatic heterocycles. The molecule has 0 spiro atoms. The largest absolute Gasteiger partial charge is 0.481 e. The highest BCUT2D eigenvalue weighted by Crippen LogP contribution is 2.17. The van der Waals surface area contributed by atoms with E-state index in [1.807, 2.05) is 0 Å². The number of halogens is 1. The third kappa shape index (κ3) is 5.54. The van der Waals surface area contributed by atoms with Gasteiger partial charge in [0, 0.05) is 17.4 Å². The van der Waals surface area contributed by atoms with E-state index >= 15 is 0 Å². The molecular weight excluding hydrogens is 335 g/mol. The number of hydrogen-bond acceptors (Lipinski definition) is 4. The third-order valence-electron chi connectivity index (χ3n) is 2.93. The molecule has 2 aromatic rings. The summed E-state index contributed by atoms with van der Waals surface area (Å²) in [6, 6.07) is 11.7. The van der Waals surface area contributed by atoms with Gasteiger partial charge in [0.1, 0.15) is 11.6 Å².